The number of hydrogen-bond donors (Lipinski definition) is 8. The van der Waals surface area contributed by atoms with Crippen LogP contribution in [0.4, 0.5) is 0 Å². The van der Waals surface area contributed by atoms with Crippen molar-refractivity contribution in [2.45, 2.75) is 56.8 Å². The van der Waals surface area contributed by atoms with E-state index in [0.717, 1.165) is 0 Å². The summed E-state index contributed by atoms with van der Waals surface area (Å²) < 4.78 is 0. The van der Waals surface area contributed by atoms with Crippen LogP contribution >= 0.6 is 0 Å². The first-order valence-electron chi connectivity index (χ1n) is 11.3. The van der Waals surface area contributed by atoms with Gasteiger partial charge in [0.2, 0.25) is 17.7 Å². The molecular weight excluding hydrogens is 488 g/mol. The van der Waals surface area contributed by atoms with Gasteiger partial charge >= 0.3 is 11.9 Å². The van der Waals surface area contributed by atoms with Crippen LogP contribution < -0.4 is 21.7 Å². The quantitative estimate of drug-likeness (QED) is 0.146. The number of aromatic nitrogens is 2. The lowest BCUT2D eigenvalue weighted by molar-refractivity contribution is -0.143. The summed E-state index contributed by atoms with van der Waals surface area (Å²) >= 11 is 0. The molecule has 0 fully saturated rings. The van der Waals surface area contributed by atoms with Gasteiger partial charge in [-0.3, -0.25) is 19.2 Å². The number of aliphatic carboxylic acids is 2. The van der Waals surface area contributed by atoms with Crippen LogP contribution in [0.5, 0.6) is 5.75 Å². The highest BCUT2D eigenvalue weighted by Crippen LogP contribution is 2.11. The zero-order chi connectivity index (χ0) is 27.5. The largest absolute Gasteiger partial charge is 0.508 e. The SMILES string of the molecule is CC(NC(=O)C(N)Cc1ccc(O)cc1)C(=O)NC(Cc1cnc[nH]1)C(=O)NC(CCC(=O)O)C(=O)O. The molecule has 2 aromatic rings. The van der Waals surface area contributed by atoms with Crippen molar-refractivity contribution in [2.24, 2.45) is 5.73 Å². The topological polar surface area (TPSA) is 237 Å². The van der Waals surface area contributed by atoms with Crippen LogP contribution in [0.15, 0.2) is 36.8 Å². The second kappa shape index (κ2) is 13.6. The fourth-order valence-electron chi connectivity index (χ4n) is 3.28. The van der Waals surface area contributed by atoms with Gasteiger partial charge in [0.15, 0.2) is 0 Å². The van der Waals surface area contributed by atoms with Gasteiger partial charge in [-0.1, -0.05) is 12.1 Å². The lowest BCUT2D eigenvalue weighted by atomic mass is 10.1. The number of H-pyrrole nitrogens is 1. The zero-order valence-corrected chi connectivity index (χ0v) is 20.0. The number of aromatic amines is 1. The number of carboxylic acids is 2. The van der Waals surface area contributed by atoms with Crippen molar-refractivity contribution >= 4 is 29.7 Å². The Morgan fingerprint density at radius 2 is 1.59 bits per heavy atom. The van der Waals surface area contributed by atoms with Crippen molar-refractivity contribution < 1.29 is 39.3 Å². The molecule has 1 heterocycles. The lowest BCUT2D eigenvalue weighted by Gasteiger charge is -2.23. The number of nitrogens with one attached hydrogen (secondary N) is 4. The molecule has 2 rings (SSSR count). The van der Waals surface area contributed by atoms with Gasteiger partial charge in [-0.15, -0.1) is 0 Å². The fraction of sp³-hybridized carbons (Fsp3) is 0.391. The Morgan fingerprint density at radius 1 is 0.946 bits per heavy atom. The Morgan fingerprint density at radius 3 is 2.16 bits per heavy atom. The number of carboxylic acid groups (broad SMARTS) is 2. The molecule has 14 nitrogen and oxygen atoms in total. The minimum atomic E-state index is -1.49. The molecule has 0 bridgehead atoms. The Kier molecular flexibility index (Phi) is 10.6. The number of hydrogen-bond acceptors (Lipinski definition) is 8. The van der Waals surface area contributed by atoms with E-state index < -0.39 is 60.2 Å². The molecule has 9 N–H and O–H groups in total. The molecule has 37 heavy (non-hydrogen) atoms. The van der Waals surface area contributed by atoms with Crippen molar-refractivity contribution in [3.8, 4) is 5.75 Å². The third kappa shape index (κ3) is 9.60. The highest BCUT2D eigenvalue weighted by Gasteiger charge is 2.29. The summed E-state index contributed by atoms with van der Waals surface area (Å²) in [5.41, 5.74) is 7.09. The molecule has 1 aromatic heterocycles. The standard InChI is InChI=1S/C23H30N6O8/c1-12(27-21(34)16(24)8-13-2-4-15(30)5-3-13)20(33)29-18(9-14-10-25-11-26-14)22(35)28-17(23(36)37)6-7-19(31)32/h2-5,10-12,16-18,30H,6-9,24H2,1H3,(H,25,26)(H,27,34)(H,28,35)(H,29,33)(H,31,32)(H,36,37). The van der Waals surface area contributed by atoms with Crippen LogP contribution in [0.25, 0.3) is 0 Å². The van der Waals surface area contributed by atoms with E-state index in [1.54, 1.807) is 12.1 Å². The number of benzene rings is 1. The molecule has 0 saturated carbocycles. The van der Waals surface area contributed by atoms with Crippen molar-refractivity contribution in [1.29, 1.82) is 0 Å². The number of nitrogens with zero attached hydrogens (tertiary/aromatic N) is 1. The second-order valence-corrected chi connectivity index (χ2v) is 8.38. The number of carbonyl (C=O) groups excluding carboxylic acids is 3. The predicted molar refractivity (Wildman–Crippen MR) is 128 cm³/mol. The summed E-state index contributed by atoms with van der Waals surface area (Å²) in [6.07, 6.45) is 2.01. The molecule has 4 atom stereocenters. The minimum absolute atomic E-state index is 0.0670. The number of imidazole rings is 1. The van der Waals surface area contributed by atoms with E-state index in [1.165, 1.54) is 31.6 Å². The van der Waals surface area contributed by atoms with Gasteiger partial charge in [-0.2, -0.15) is 0 Å². The Hall–Kier alpha value is -4.46. The minimum Gasteiger partial charge on any atom is -0.508 e. The van der Waals surface area contributed by atoms with Crippen LogP contribution in [0.3, 0.4) is 0 Å². The van der Waals surface area contributed by atoms with Gasteiger partial charge in [0.05, 0.1) is 12.4 Å². The third-order valence-electron chi connectivity index (χ3n) is 5.35. The van der Waals surface area contributed by atoms with Crippen molar-refractivity contribution in [3.05, 3.63) is 48.0 Å². The van der Waals surface area contributed by atoms with Crippen LogP contribution in [-0.2, 0) is 36.8 Å². The van der Waals surface area contributed by atoms with Gasteiger partial charge in [-0.25, -0.2) is 9.78 Å². The molecule has 0 radical (unpaired) electrons. The van der Waals surface area contributed by atoms with Crippen molar-refractivity contribution in [1.82, 2.24) is 25.9 Å². The van der Waals surface area contributed by atoms with E-state index in [9.17, 15) is 34.2 Å². The second-order valence-electron chi connectivity index (χ2n) is 8.38. The van der Waals surface area contributed by atoms with Gasteiger partial charge in [0, 0.05) is 24.7 Å². The summed E-state index contributed by atoms with van der Waals surface area (Å²) in [6.45, 7) is 1.39. The highest BCUT2D eigenvalue weighted by atomic mass is 16.4. The van der Waals surface area contributed by atoms with Gasteiger partial charge in [-0.05, 0) is 37.5 Å². The summed E-state index contributed by atoms with van der Waals surface area (Å²) in [6, 6.07) is 1.29. The average Bonchev–Trinajstić information content (AvgIpc) is 3.35. The van der Waals surface area contributed by atoms with Crippen molar-refractivity contribution in [3.63, 3.8) is 0 Å². The molecular formula is C23H30N6O8. The summed E-state index contributed by atoms with van der Waals surface area (Å²) in [5, 5.41) is 34.7. The van der Waals surface area contributed by atoms with E-state index in [4.69, 9.17) is 10.8 Å². The number of amides is 3. The first-order valence-corrected chi connectivity index (χ1v) is 11.3. The molecule has 200 valence electrons. The fourth-order valence-corrected chi connectivity index (χ4v) is 3.28. The van der Waals surface area contributed by atoms with Gasteiger partial charge < -0.3 is 42.0 Å². The molecule has 14 heteroatoms. The summed E-state index contributed by atoms with van der Waals surface area (Å²) in [7, 11) is 0. The van der Waals surface area contributed by atoms with E-state index in [1.807, 2.05) is 0 Å². The van der Waals surface area contributed by atoms with E-state index in [2.05, 4.69) is 25.9 Å². The predicted octanol–water partition coefficient (Wildman–Crippen LogP) is -1.35. The maximum Gasteiger partial charge on any atom is 0.326 e. The molecule has 0 saturated heterocycles. The normalized spacial score (nSPS) is 14.0. The average molecular weight is 519 g/mol. The number of carbonyl (C=O) groups is 5. The van der Waals surface area contributed by atoms with Crippen LogP contribution in [0.2, 0.25) is 0 Å². The van der Waals surface area contributed by atoms with Gasteiger partial charge in [0.1, 0.15) is 23.9 Å². The summed E-state index contributed by atoms with van der Waals surface area (Å²) in [5.74, 6) is -4.80. The number of aromatic hydroxyl groups is 1. The molecule has 0 spiro atoms. The van der Waals surface area contributed by atoms with E-state index in [-0.39, 0.29) is 25.0 Å². The molecule has 4 unspecified atom stereocenters. The Balaban J connectivity index is 2.03. The van der Waals surface area contributed by atoms with Crippen LogP contribution in [-0.4, -0.2) is 79.1 Å². The molecule has 1 aromatic carbocycles. The lowest BCUT2D eigenvalue weighted by Crippen LogP contribution is -2.57. The van der Waals surface area contributed by atoms with Crippen molar-refractivity contribution in [2.75, 3.05) is 0 Å². The molecule has 0 aliphatic carbocycles. The molecule has 3 amide bonds. The third-order valence-corrected chi connectivity index (χ3v) is 5.35. The number of phenolic OH excluding ortho intramolecular Hbond substituents is 1. The smallest absolute Gasteiger partial charge is 0.326 e. The number of phenols is 1. The molecule has 0 aliphatic rings. The number of nitrogens with two attached hydrogens (primary N) is 1. The maximum atomic E-state index is 12.8. The van der Waals surface area contributed by atoms with Crippen LogP contribution in [0, 0.1) is 0 Å². The summed E-state index contributed by atoms with van der Waals surface area (Å²) in [4.78, 5) is 67.0. The maximum absolute atomic E-state index is 12.8. The monoisotopic (exact) mass is 518 g/mol. The van der Waals surface area contributed by atoms with Gasteiger partial charge in [0.25, 0.3) is 0 Å². The Labute approximate surface area is 211 Å². The van der Waals surface area contributed by atoms with E-state index in [0.29, 0.717) is 11.3 Å². The zero-order valence-electron chi connectivity index (χ0n) is 20.0. The first kappa shape index (κ1) is 28.8. The first-order chi connectivity index (χ1) is 17.5. The Bertz CT molecular complexity index is 1090. The van der Waals surface area contributed by atoms with Crippen LogP contribution in [0.1, 0.15) is 31.0 Å². The number of rotatable bonds is 14. The van der Waals surface area contributed by atoms with E-state index >= 15 is 0 Å². The molecule has 0 aliphatic heterocycles. The highest BCUT2D eigenvalue weighted by molar-refractivity contribution is 5.94.